The highest BCUT2D eigenvalue weighted by molar-refractivity contribution is 5.76. The van der Waals surface area contributed by atoms with Crippen molar-refractivity contribution in [1.82, 2.24) is 5.32 Å². The van der Waals surface area contributed by atoms with E-state index < -0.39 is 12.4 Å². The third kappa shape index (κ3) is 4.60. The Bertz CT molecular complexity index is 688. The molecule has 0 aliphatic rings. The normalized spacial score (nSPS) is 12.0. The van der Waals surface area contributed by atoms with Gasteiger partial charge in [0.05, 0.1) is 6.61 Å². The lowest BCUT2D eigenvalue weighted by Crippen LogP contribution is -2.24. The van der Waals surface area contributed by atoms with Gasteiger partial charge < -0.3 is 10.4 Å². The molecule has 1 atom stereocenters. The Labute approximate surface area is 134 Å². The number of benzene rings is 2. The second-order valence-electron chi connectivity index (χ2n) is 5.49. The lowest BCUT2D eigenvalue weighted by atomic mass is 9.97. The summed E-state index contributed by atoms with van der Waals surface area (Å²) in [4.78, 5) is 12.0. The van der Waals surface area contributed by atoms with Gasteiger partial charge >= 0.3 is 0 Å². The number of halogens is 2. The van der Waals surface area contributed by atoms with Crippen LogP contribution in [0.1, 0.15) is 36.0 Å². The van der Waals surface area contributed by atoms with E-state index in [2.05, 4.69) is 5.32 Å². The van der Waals surface area contributed by atoms with E-state index in [-0.39, 0.29) is 36.2 Å². The molecule has 5 heteroatoms. The second-order valence-corrected chi connectivity index (χ2v) is 5.49. The van der Waals surface area contributed by atoms with Crippen LogP contribution in [0, 0.1) is 11.6 Å². The average molecular weight is 319 g/mol. The van der Waals surface area contributed by atoms with Gasteiger partial charge in [-0.25, -0.2) is 8.78 Å². The lowest BCUT2D eigenvalue weighted by Gasteiger charge is -2.13. The molecule has 0 saturated carbocycles. The highest BCUT2D eigenvalue weighted by Gasteiger charge is 2.14. The number of aliphatic hydroxyl groups excluding tert-OH is 1. The summed E-state index contributed by atoms with van der Waals surface area (Å²) in [6.07, 6.45) is 0.162. The predicted octanol–water partition coefficient (Wildman–Crippen LogP) is 3.27. The van der Waals surface area contributed by atoms with Gasteiger partial charge in [-0.15, -0.1) is 0 Å². The summed E-state index contributed by atoms with van der Waals surface area (Å²) in [6.45, 7) is 1.63. The van der Waals surface area contributed by atoms with Gasteiger partial charge in [0.1, 0.15) is 11.6 Å². The van der Waals surface area contributed by atoms with Crippen molar-refractivity contribution >= 4 is 5.91 Å². The molecule has 0 heterocycles. The van der Waals surface area contributed by atoms with Crippen LogP contribution < -0.4 is 5.32 Å². The number of hydrogen-bond acceptors (Lipinski definition) is 2. The fourth-order valence-corrected chi connectivity index (χ4v) is 2.39. The number of carbonyl (C=O) groups is 1. The Morgan fingerprint density at radius 1 is 1.17 bits per heavy atom. The third-order valence-corrected chi connectivity index (χ3v) is 3.70. The van der Waals surface area contributed by atoms with Crippen molar-refractivity contribution in [2.75, 3.05) is 0 Å². The summed E-state index contributed by atoms with van der Waals surface area (Å²) in [6, 6.07) is 10.7. The number of amides is 1. The maximum Gasteiger partial charge on any atom is 0.220 e. The van der Waals surface area contributed by atoms with E-state index in [9.17, 15) is 13.6 Å². The number of rotatable bonds is 6. The SMILES string of the molecule is CC(CC(=O)NCc1ccc(F)c(CO)c1)c1ccccc1F. The molecule has 122 valence electrons. The third-order valence-electron chi connectivity index (χ3n) is 3.70. The van der Waals surface area contributed by atoms with Crippen LogP contribution >= 0.6 is 0 Å². The van der Waals surface area contributed by atoms with Gasteiger partial charge in [-0.2, -0.15) is 0 Å². The van der Waals surface area contributed by atoms with Gasteiger partial charge in [-0.05, 0) is 35.2 Å². The van der Waals surface area contributed by atoms with Crippen molar-refractivity contribution in [3.63, 3.8) is 0 Å². The highest BCUT2D eigenvalue weighted by atomic mass is 19.1. The summed E-state index contributed by atoms with van der Waals surface area (Å²) in [5.41, 5.74) is 1.39. The van der Waals surface area contributed by atoms with Crippen LogP contribution in [-0.2, 0) is 17.9 Å². The summed E-state index contributed by atoms with van der Waals surface area (Å²) in [5, 5.41) is 11.8. The molecule has 1 amide bonds. The maximum atomic E-state index is 13.7. The molecule has 0 aliphatic heterocycles. The molecule has 0 spiro atoms. The number of nitrogens with one attached hydrogen (secondary N) is 1. The molecule has 0 fully saturated rings. The van der Waals surface area contributed by atoms with Gasteiger partial charge in [0.25, 0.3) is 0 Å². The first-order valence-corrected chi connectivity index (χ1v) is 7.40. The van der Waals surface area contributed by atoms with Crippen molar-refractivity contribution in [2.45, 2.75) is 32.4 Å². The monoisotopic (exact) mass is 319 g/mol. The van der Waals surface area contributed by atoms with Crippen LogP contribution in [0.3, 0.4) is 0 Å². The van der Waals surface area contributed by atoms with E-state index >= 15 is 0 Å². The zero-order valence-corrected chi connectivity index (χ0v) is 12.9. The Morgan fingerprint density at radius 3 is 2.61 bits per heavy atom. The molecule has 2 N–H and O–H groups in total. The summed E-state index contributed by atoms with van der Waals surface area (Å²) in [7, 11) is 0. The van der Waals surface area contributed by atoms with Crippen molar-refractivity contribution in [3.05, 3.63) is 70.8 Å². The second kappa shape index (κ2) is 7.83. The topological polar surface area (TPSA) is 49.3 Å². The van der Waals surface area contributed by atoms with Gasteiger partial charge in [0, 0.05) is 18.5 Å². The van der Waals surface area contributed by atoms with Crippen LogP contribution in [0.25, 0.3) is 0 Å². The average Bonchev–Trinajstić information content (AvgIpc) is 2.54. The maximum absolute atomic E-state index is 13.7. The lowest BCUT2D eigenvalue weighted by molar-refractivity contribution is -0.121. The minimum atomic E-state index is -0.476. The van der Waals surface area contributed by atoms with E-state index in [1.807, 2.05) is 0 Å². The quantitative estimate of drug-likeness (QED) is 0.858. The van der Waals surface area contributed by atoms with E-state index in [4.69, 9.17) is 5.11 Å². The molecule has 2 aromatic carbocycles. The standard InChI is InChI=1S/C18H19F2NO2/c1-12(15-4-2-3-5-17(15)20)8-18(23)21-10-13-6-7-16(19)14(9-13)11-22/h2-7,9,12,22H,8,10-11H2,1H3,(H,21,23). The fraction of sp³-hybridized carbons (Fsp3) is 0.278. The summed E-state index contributed by atoms with van der Waals surface area (Å²) in [5.74, 6) is -1.25. The van der Waals surface area contributed by atoms with Crippen LogP contribution in [0.15, 0.2) is 42.5 Å². The molecule has 23 heavy (non-hydrogen) atoms. The first kappa shape index (κ1) is 17.1. The molecule has 0 radical (unpaired) electrons. The summed E-state index contributed by atoms with van der Waals surface area (Å²) >= 11 is 0. The van der Waals surface area contributed by atoms with Crippen molar-refractivity contribution < 1.29 is 18.7 Å². The Balaban J connectivity index is 1.91. The molecular formula is C18H19F2NO2. The number of aliphatic hydroxyl groups is 1. The number of hydrogen-bond donors (Lipinski definition) is 2. The molecule has 0 aromatic heterocycles. The van der Waals surface area contributed by atoms with E-state index in [1.165, 1.54) is 18.2 Å². The Kier molecular flexibility index (Phi) is 5.82. The van der Waals surface area contributed by atoms with Crippen LogP contribution in [0.2, 0.25) is 0 Å². The number of carbonyl (C=O) groups excluding carboxylic acids is 1. The Hall–Kier alpha value is -2.27. The molecule has 0 saturated heterocycles. The summed E-state index contributed by atoms with van der Waals surface area (Å²) < 4.78 is 27.0. The fourth-order valence-electron chi connectivity index (χ4n) is 2.39. The molecule has 0 bridgehead atoms. The molecule has 1 unspecified atom stereocenters. The molecular weight excluding hydrogens is 300 g/mol. The molecule has 2 rings (SSSR count). The van der Waals surface area contributed by atoms with Crippen molar-refractivity contribution in [3.8, 4) is 0 Å². The minimum Gasteiger partial charge on any atom is -0.392 e. The van der Waals surface area contributed by atoms with E-state index in [0.29, 0.717) is 11.1 Å². The van der Waals surface area contributed by atoms with Gasteiger partial charge in [0.2, 0.25) is 5.91 Å². The van der Waals surface area contributed by atoms with Gasteiger partial charge in [-0.1, -0.05) is 31.2 Å². The largest absolute Gasteiger partial charge is 0.392 e. The van der Waals surface area contributed by atoms with E-state index in [0.717, 1.165) is 0 Å². The van der Waals surface area contributed by atoms with Crippen molar-refractivity contribution in [2.24, 2.45) is 0 Å². The Morgan fingerprint density at radius 2 is 1.91 bits per heavy atom. The molecule has 3 nitrogen and oxygen atoms in total. The first-order chi connectivity index (χ1) is 11.0. The van der Waals surface area contributed by atoms with Crippen molar-refractivity contribution in [1.29, 1.82) is 0 Å². The molecule has 2 aromatic rings. The van der Waals surface area contributed by atoms with Crippen LogP contribution in [0.4, 0.5) is 8.78 Å². The highest BCUT2D eigenvalue weighted by Crippen LogP contribution is 2.21. The van der Waals surface area contributed by atoms with Gasteiger partial charge in [0.15, 0.2) is 0 Å². The zero-order chi connectivity index (χ0) is 16.8. The first-order valence-electron chi connectivity index (χ1n) is 7.40. The van der Waals surface area contributed by atoms with Crippen LogP contribution in [0.5, 0.6) is 0 Å². The van der Waals surface area contributed by atoms with Crippen LogP contribution in [-0.4, -0.2) is 11.0 Å². The zero-order valence-electron chi connectivity index (χ0n) is 12.9. The molecule has 0 aliphatic carbocycles. The van der Waals surface area contributed by atoms with Gasteiger partial charge in [-0.3, -0.25) is 4.79 Å². The van der Waals surface area contributed by atoms with E-state index in [1.54, 1.807) is 31.2 Å². The predicted molar refractivity (Wildman–Crippen MR) is 83.6 cm³/mol. The smallest absolute Gasteiger partial charge is 0.220 e. The minimum absolute atomic E-state index is 0.162.